The van der Waals surface area contributed by atoms with Crippen molar-refractivity contribution in [2.45, 2.75) is 44.1 Å². The van der Waals surface area contributed by atoms with Crippen LogP contribution in [0, 0.1) is 12.8 Å². The minimum absolute atomic E-state index is 0.563. The maximum Gasteiger partial charge on any atom is 0.237 e. The zero-order valence-corrected chi connectivity index (χ0v) is 15.8. The van der Waals surface area contributed by atoms with E-state index in [1.54, 1.807) is 18.0 Å². The number of piperidine rings is 1. The SMILES string of the molecule is Cc1noc(CSc2nnc(N3CCCC(C)C3)n2Cc2ccco2)n1. The molecule has 3 aromatic heterocycles. The third kappa shape index (κ3) is 3.77. The molecule has 0 radical (unpaired) electrons. The lowest BCUT2D eigenvalue weighted by Crippen LogP contribution is -2.36. The van der Waals surface area contributed by atoms with Crippen LogP contribution in [0.3, 0.4) is 0 Å². The molecule has 1 aliphatic rings. The highest BCUT2D eigenvalue weighted by atomic mass is 32.2. The summed E-state index contributed by atoms with van der Waals surface area (Å²) in [6, 6.07) is 3.87. The molecule has 0 amide bonds. The number of rotatable bonds is 6. The van der Waals surface area contributed by atoms with Crippen molar-refractivity contribution in [3.05, 3.63) is 35.9 Å². The standard InChI is InChI=1S/C17H22N6O2S/c1-12-5-3-7-22(9-12)16-19-20-17(23(16)10-14-6-4-8-24-14)26-11-15-18-13(2)21-25-15/h4,6,8,12H,3,5,7,9-11H2,1-2H3. The molecule has 1 fully saturated rings. The Kier molecular flexibility index (Phi) is 4.96. The Bertz CT molecular complexity index is 843. The first-order valence-corrected chi connectivity index (χ1v) is 9.80. The van der Waals surface area contributed by atoms with Crippen molar-refractivity contribution in [1.82, 2.24) is 24.9 Å². The van der Waals surface area contributed by atoms with Gasteiger partial charge in [0.1, 0.15) is 5.76 Å². The fourth-order valence-corrected chi connectivity index (χ4v) is 3.98. The van der Waals surface area contributed by atoms with Gasteiger partial charge in [-0.15, -0.1) is 10.2 Å². The average Bonchev–Trinajstić information content (AvgIpc) is 3.36. The first-order chi connectivity index (χ1) is 12.7. The van der Waals surface area contributed by atoms with Gasteiger partial charge in [0.15, 0.2) is 11.0 Å². The number of thioether (sulfide) groups is 1. The normalized spacial score (nSPS) is 17.8. The molecule has 0 bridgehead atoms. The fraction of sp³-hybridized carbons (Fsp3) is 0.529. The molecule has 138 valence electrons. The Morgan fingerprint density at radius 1 is 1.35 bits per heavy atom. The van der Waals surface area contributed by atoms with E-state index < -0.39 is 0 Å². The van der Waals surface area contributed by atoms with Crippen LogP contribution in [-0.2, 0) is 12.3 Å². The van der Waals surface area contributed by atoms with Crippen LogP contribution in [-0.4, -0.2) is 38.0 Å². The lowest BCUT2D eigenvalue weighted by Gasteiger charge is -2.31. The molecule has 3 aromatic rings. The van der Waals surface area contributed by atoms with E-state index in [1.807, 2.05) is 19.1 Å². The van der Waals surface area contributed by atoms with Crippen LogP contribution < -0.4 is 4.90 Å². The Morgan fingerprint density at radius 2 is 2.27 bits per heavy atom. The molecule has 8 nitrogen and oxygen atoms in total. The number of nitrogens with zero attached hydrogens (tertiary/aromatic N) is 6. The molecule has 0 aliphatic carbocycles. The second-order valence-electron chi connectivity index (χ2n) is 6.67. The van der Waals surface area contributed by atoms with Gasteiger partial charge >= 0.3 is 0 Å². The second-order valence-corrected chi connectivity index (χ2v) is 7.61. The van der Waals surface area contributed by atoms with Crippen molar-refractivity contribution >= 4 is 17.7 Å². The van der Waals surface area contributed by atoms with Crippen LogP contribution in [0.4, 0.5) is 5.95 Å². The second kappa shape index (κ2) is 7.53. The van der Waals surface area contributed by atoms with Crippen LogP contribution in [0.2, 0.25) is 0 Å². The van der Waals surface area contributed by atoms with Crippen molar-refractivity contribution in [2.24, 2.45) is 5.92 Å². The molecule has 1 saturated heterocycles. The minimum atomic E-state index is 0.563. The summed E-state index contributed by atoms with van der Waals surface area (Å²) in [4.78, 5) is 6.58. The fourth-order valence-electron chi connectivity index (χ4n) is 3.21. The summed E-state index contributed by atoms with van der Waals surface area (Å²) in [5.74, 6) is 4.24. The Morgan fingerprint density at radius 3 is 3.00 bits per heavy atom. The van der Waals surface area contributed by atoms with Crippen LogP contribution in [0.1, 0.15) is 37.2 Å². The van der Waals surface area contributed by atoms with Gasteiger partial charge in [0.05, 0.1) is 18.6 Å². The molecule has 1 unspecified atom stereocenters. The van der Waals surface area contributed by atoms with Crippen LogP contribution in [0.25, 0.3) is 0 Å². The highest BCUT2D eigenvalue weighted by Crippen LogP contribution is 2.28. The van der Waals surface area contributed by atoms with Crippen LogP contribution in [0.5, 0.6) is 0 Å². The number of furan rings is 1. The molecule has 0 saturated carbocycles. The number of aromatic nitrogens is 5. The van der Waals surface area contributed by atoms with Crippen molar-refractivity contribution in [3.8, 4) is 0 Å². The van der Waals surface area contributed by atoms with E-state index >= 15 is 0 Å². The number of aryl methyl sites for hydroxylation is 1. The average molecular weight is 374 g/mol. The first kappa shape index (κ1) is 17.1. The van der Waals surface area contributed by atoms with Crippen LogP contribution >= 0.6 is 11.8 Å². The van der Waals surface area contributed by atoms with E-state index in [2.05, 4.69) is 36.7 Å². The summed E-state index contributed by atoms with van der Waals surface area (Å²) in [6.45, 7) is 6.71. The monoisotopic (exact) mass is 374 g/mol. The lowest BCUT2D eigenvalue weighted by molar-refractivity contribution is 0.387. The van der Waals surface area contributed by atoms with Gasteiger partial charge in [0.2, 0.25) is 11.8 Å². The quantitative estimate of drug-likeness (QED) is 0.608. The van der Waals surface area contributed by atoms with E-state index in [4.69, 9.17) is 8.94 Å². The van der Waals surface area contributed by atoms with Crippen molar-refractivity contribution in [1.29, 1.82) is 0 Å². The van der Waals surface area contributed by atoms with Gasteiger partial charge in [-0.3, -0.25) is 4.57 Å². The zero-order chi connectivity index (χ0) is 17.9. The van der Waals surface area contributed by atoms with Gasteiger partial charge in [0.25, 0.3) is 0 Å². The van der Waals surface area contributed by atoms with Gasteiger partial charge in [-0.25, -0.2) is 0 Å². The molecule has 1 aliphatic heterocycles. The molecular weight excluding hydrogens is 352 g/mol. The minimum Gasteiger partial charge on any atom is -0.467 e. The van der Waals surface area contributed by atoms with Gasteiger partial charge in [0, 0.05) is 13.1 Å². The third-order valence-corrected chi connectivity index (χ3v) is 5.38. The molecule has 1 atom stereocenters. The lowest BCUT2D eigenvalue weighted by atomic mass is 10.0. The highest BCUT2D eigenvalue weighted by molar-refractivity contribution is 7.98. The van der Waals surface area contributed by atoms with Gasteiger partial charge in [-0.05, 0) is 37.8 Å². The molecule has 26 heavy (non-hydrogen) atoms. The summed E-state index contributed by atoms with van der Waals surface area (Å²) in [5, 5.41) is 13.6. The molecule has 0 aromatic carbocycles. The molecule has 4 heterocycles. The molecular formula is C17H22N6O2S. The van der Waals surface area contributed by atoms with E-state index in [0.29, 0.717) is 29.9 Å². The molecule has 9 heteroatoms. The zero-order valence-electron chi connectivity index (χ0n) is 15.0. The highest BCUT2D eigenvalue weighted by Gasteiger charge is 2.24. The van der Waals surface area contributed by atoms with Gasteiger partial charge < -0.3 is 13.8 Å². The number of hydrogen-bond acceptors (Lipinski definition) is 8. The van der Waals surface area contributed by atoms with E-state index in [-0.39, 0.29) is 0 Å². The van der Waals surface area contributed by atoms with Gasteiger partial charge in [-0.2, -0.15) is 4.98 Å². The number of anilines is 1. The van der Waals surface area contributed by atoms with E-state index in [0.717, 1.165) is 30.0 Å². The van der Waals surface area contributed by atoms with Crippen molar-refractivity contribution in [2.75, 3.05) is 18.0 Å². The summed E-state index contributed by atoms with van der Waals surface area (Å²) in [5.41, 5.74) is 0. The van der Waals surface area contributed by atoms with Crippen molar-refractivity contribution in [3.63, 3.8) is 0 Å². The third-order valence-electron chi connectivity index (χ3n) is 4.43. The maximum absolute atomic E-state index is 5.55. The van der Waals surface area contributed by atoms with E-state index in [9.17, 15) is 0 Å². The molecule has 0 spiro atoms. The number of hydrogen-bond donors (Lipinski definition) is 0. The summed E-state index contributed by atoms with van der Waals surface area (Å²) < 4.78 is 12.9. The summed E-state index contributed by atoms with van der Waals surface area (Å²) in [6.07, 6.45) is 4.13. The van der Waals surface area contributed by atoms with Gasteiger partial charge in [-0.1, -0.05) is 23.8 Å². The molecule has 4 rings (SSSR count). The van der Waals surface area contributed by atoms with Crippen molar-refractivity contribution < 1.29 is 8.94 Å². The maximum atomic E-state index is 5.55. The predicted octanol–water partition coefficient (Wildman–Crippen LogP) is 3.14. The Labute approximate surface area is 156 Å². The largest absolute Gasteiger partial charge is 0.467 e. The summed E-state index contributed by atoms with van der Waals surface area (Å²) >= 11 is 1.55. The first-order valence-electron chi connectivity index (χ1n) is 8.81. The predicted molar refractivity (Wildman–Crippen MR) is 97.0 cm³/mol. The van der Waals surface area contributed by atoms with Crippen LogP contribution in [0.15, 0.2) is 32.5 Å². The molecule has 0 N–H and O–H groups in total. The summed E-state index contributed by atoms with van der Waals surface area (Å²) in [7, 11) is 0. The topological polar surface area (TPSA) is 86.0 Å². The Hall–Kier alpha value is -2.29. The van der Waals surface area contributed by atoms with E-state index in [1.165, 1.54) is 12.8 Å². The smallest absolute Gasteiger partial charge is 0.237 e. The Balaban J connectivity index is 1.58.